The maximum absolute atomic E-state index is 10.1. The van der Waals surface area contributed by atoms with Crippen LogP contribution < -0.4 is 5.32 Å². The van der Waals surface area contributed by atoms with Crippen molar-refractivity contribution in [3.8, 4) is 0 Å². The maximum Gasteiger partial charge on any atom is 0.410 e. The van der Waals surface area contributed by atoms with E-state index in [0.717, 1.165) is 0 Å². The van der Waals surface area contributed by atoms with Gasteiger partial charge in [-0.05, 0) is 6.92 Å². The van der Waals surface area contributed by atoms with E-state index in [0.29, 0.717) is 5.69 Å². The summed E-state index contributed by atoms with van der Waals surface area (Å²) in [5.41, 5.74) is 0.565. The van der Waals surface area contributed by atoms with Crippen LogP contribution in [0.3, 0.4) is 0 Å². The Morgan fingerprint density at radius 3 is 2.73 bits per heavy atom. The van der Waals surface area contributed by atoms with Crippen LogP contribution in [0.25, 0.3) is 0 Å². The van der Waals surface area contributed by atoms with Gasteiger partial charge in [0.25, 0.3) is 0 Å². The molecule has 0 fully saturated rings. The van der Waals surface area contributed by atoms with E-state index in [2.05, 4.69) is 15.3 Å². The van der Waals surface area contributed by atoms with Gasteiger partial charge in [-0.3, -0.25) is 10.3 Å². The Labute approximate surface area is 63.1 Å². The molecule has 0 spiro atoms. The number of hydrogen-bond acceptors (Lipinski definition) is 3. The summed E-state index contributed by atoms with van der Waals surface area (Å²) >= 11 is 0. The molecule has 0 aliphatic heterocycles. The van der Waals surface area contributed by atoms with Crippen LogP contribution in [0.4, 0.5) is 10.6 Å². The molecule has 1 aromatic rings. The second-order valence-electron chi connectivity index (χ2n) is 1.92. The first kappa shape index (κ1) is 7.46. The topological polar surface area (TPSA) is 75.1 Å². The quantitative estimate of drug-likeness (QED) is 0.627. The number of carbonyl (C=O) groups is 1. The van der Waals surface area contributed by atoms with Gasteiger partial charge in [0.2, 0.25) is 0 Å². The molecular formula is C6H7N3O2. The average molecular weight is 153 g/mol. The van der Waals surface area contributed by atoms with Crippen molar-refractivity contribution in [2.75, 3.05) is 5.32 Å². The van der Waals surface area contributed by atoms with Crippen LogP contribution in [0.1, 0.15) is 5.69 Å². The van der Waals surface area contributed by atoms with E-state index in [-0.39, 0.29) is 5.82 Å². The number of aromatic nitrogens is 2. The molecule has 0 aromatic carbocycles. The molecule has 0 aliphatic carbocycles. The van der Waals surface area contributed by atoms with Crippen molar-refractivity contribution >= 4 is 11.9 Å². The number of carboxylic acid groups (broad SMARTS) is 1. The van der Waals surface area contributed by atoms with Crippen molar-refractivity contribution in [3.63, 3.8) is 0 Å². The van der Waals surface area contributed by atoms with Crippen LogP contribution in [-0.2, 0) is 0 Å². The zero-order valence-electron chi connectivity index (χ0n) is 5.90. The smallest absolute Gasteiger partial charge is 0.410 e. The van der Waals surface area contributed by atoms with E-state index in [1.807, 2.05) is 0 Å². The second-order valence-corrected chi connectivity index (χ2v) is 1.92. The highest BCUT2D eigenvalue weighted by molar-refractivity contribution is 5.81. The summed E-state index contributed by atoms with van der Waals surface area (Å²) < 4.78 is 0. The van der Waals surface area contributed by atoms with Gasteiger partial charge in [-0.2, -0.15) is 0 Å². The summed E-state index contributed by atoms with van der Waals surface area (Å²) in [4.78, 5) is 17.7. The molecule has 1 amide bonds. The Bertz CT molecular complexity index is 274. The molecular weight excluding hydrogens is 146 g/mol. The fourth-order valence-corrected chi connectivity index (χ4v) is 0.632. The fraction of sp³-hybridized carbons (Fsp3) is 0.167. The number of rotatable bonds is 1. The summed E-state index contributed by atoms with van der Waals surface area (Å²) in [5, 5.41) is 10.4. The largest absolute Gasteiger partial charge is 0.465 e. The molecule has 0 atom stereocenters. The number of nitrogens with zero attached hydrogens (tertiary/aromatic N) is 2. The van der Waals surface area contributed by atoms with Gasteiger partial charge in [-0.25, -0.2) is 9.78 Å². The number of anilines is 1. The maximum atomic E-state index is 10.1. The number of amides is 1. The molecule has 58 valence electrons. The Hall–Kier alpha value is -1.65. The van der Waals surface area contributed by atoms with E-state index in [1.54, 1.807) is 6.92 Å². The summed E-state index contributed by atoms with van der Waals surface area (Å²) in [6.07, 6.45) is 1.80. The highest BCUT2D eigenvalue weighted by Crippen LogP contribution is 2.04. The zero-order chi connectivity index (χ0) is 8.27. The van der Waals surface area contributed by atoms with E-state index >= 15 is 0 Å². The fourth-order valence-electron chi connectivity index (χ4n) is 0.632. The van der Waals surface area contributed by atoms with E-state index in [9.17, 15) is 4.79 Å². The first-order valence-electron chi connectivity index (χ1n) is 2.97. The summed E-state index contributed by atoms with van der Waals surface area (Å²) in [6.45, 7) is 1.68. The Morgan fingerprint density at radius 1 is 1.55 bits per heavy atom. The SMILES string of the molecule is Cc1nccnc1NC(=O)O. The number of aryl methyl sites for hydroxylation is 1. The van der Waals surface area contributed by atoms with Gasteiger partial charge in [0, 0.05) is 12.4 Å². The van der Waals surface area contributed by atoms with E-state index in [4.69, 9.17) is 5.11 Å². The predicted octanol–water partition coefficient (Wildman–Crippen LogP) is 0.875. The monoisotopic (exact) mass is 153 g/mol. The molecule has 5 heteroatoms. The van der Waals surface area contributed by atoms with Crippen molar-refractivity contribution in [2.45, 2.75) is 6.92 Å². The molecule has 1 aromatic heterocycles. The molecule has 2 N–H and O–H groups in total. The molecule has 0 radical (unpaired) electrons. The van der Waals surface area contributed by atoms with Crippen LogP contribution in [0.15, 0.2) is 12.4 Å². The minimum absolute atomic E-state index is 0.278. The molecule has 0 saturated carbocycles. The van der Waals surface area contributed by atoms with Crippen LogP contribution in [0.2, 0.25) is 0 Å². The Kier molecular flexibility index (Phi) is 2.00. The molecule has 1 heterocycles. The average Bonchev–Trinajstić information content (AvgIpc) is 1.93. The lowest BCUT2D eigenvalue weighted by Crippen LogP contribution is -2.10. The number of nitrogens with one attached hydrogen (secondary N) is 1. The Balaban J connectivity index is 2.86. The molecule has 0 bridgehead atoms. The third-order valence-corrected chi connectivity index (χ3v) is 1.11. The van der Waals surface area contributed by atoms with Gasteiger partial charge in [-0.1, -0.05) is 0 Å². The van der Waals surface area contributed by atoms with Crippen molar-refractivity contribution in [1.82, 2.24) is 9.97 Å². The molecule has 5 nitrogen and oxygen atoms in total. The lowest BCUT2D eigenvalue weighted by molar-refractivity contribution is 0.209. The minimum atomic E-state index is -1.13. The van der Waals surface area contributed by atoms with E-state index in [1.165, 1.54) is 12.4 Å². The summed E-state index contributed by atoms with van der Waals surface area (Å²) in [7, 11) is 0. The van der Waals surface area contributed by atoms with E-state index < -0.39 is 6.09 Å². The molecule has 11 heavy (non-hydrogen) atoms. The molecule has 0 saturated heterocycles. The lowest BCUT2D eigenvalue weighted by atomic mass is 10.4. The third-order valence-electron chi connectivity index (χ3n) is 1.11. The van der Waals surface area contributed by atoms with Gasteiger partial charge in [0.05, 0.1) is 5.69 Å². The zero-order valence-corrected chi connectivity index (χ0v) is 5.90. The lowest BCUT2D eigenvalue weighted by Gasteiger charge is -2.00. The summed E-state index contributed by atoms with van der Waals surface area (Å²) in [5.74, 6) is 0.278. The van der Waals surface area contributed by atoms with Gasteiger partial charge >= 0.3 is 6.09 Å². The van der Waals surface area contributed by atoms with Crippen LogP contribution in [0.5, 0.6) is 0 Å². The second kappa shape index (κ2) is 2.96. The van der Waals surface area contributed by atoms with Gasteiger partial charge in [0.15, 0.2) is 5.82 Å². The van der Waals surface area contributed by atoms with Crippen LogP contribution in [0, 0.1) is 6.92 Å². The van der Waals surface area contributed by atoms with Gasteiger partial charge in [0.1, 0.15) is 0 Å². The van der Waals surface area contributed by atoms with Crippen LogP contribution in [-0.4, -0.2) is 21.2 Å². The van der Waals surface area contributed by atoms with Crippen molar-refractivity contribution < 1.29 is 9.90 Å². The first-order chi connectivity index (χ1) is 5.20. The minimum Gasteiger partial charge on any atom is -0.465 e. The van der Waals surface area contributed by atoms with Gasteiger partial charge in [-0.15, -0.1) is 0 Å². The first-order valence-corrected chi connectivity index (χ1v) is 2.97. The molecule has 1 rings (SSSR count). The van der Waals surface area contributed by atoms with Crippen molar-refractivity contribution in [1.29, 1.82) is 0 Å². The normalized spacial score (nSPS) is 9.18. The van der Waals surface area contributed by atoms with Crippen molar-refractivity contribution in [2.24, 2.45) is 0 Å². The van der Waals surface area contributed by atoms with Crippen molar-refractivity contribution in [3.05, 3.63) is 18.1 Å². The highest BCUT2D eigenvalue weighted by atomic mass is 16.4. The summed E-state index contributed by atoms with van der Waals surface area (Å²) in [6, 6.07) is 0. The standard InChI is InChI=1S/C6H7N3O2/c1-4-5(9-6(10)11)8-3-2-7-4/h2-3H,1H3,(H,8,9)(H,10,11). The number of hydrogen-bond donors (Lipinski definition) is 2. The van der Waals surface area contributed by atoms with Gasteiger partial charge < -0.3 is 5.11 Å². The highest BCUT2D eigenvalue weighted by Gasteiger charge is 2.01. The van der Waals surface area contributed by atoms with Crippen LogP contribution >= 0.6 is 0 Å². The molecule has 0 aliphatic rings. The Morgan fingerprint density at radius 2 is 2.18 bits per heavy atom. The molecule has 0 unspecified atom stereocenters. The predicted molar refractivity (Wildman–Crippen MR) is 38.4 cm³/mol. The third kappa shape index (κ3) is 1.89.